The summed E-state index contributed by atoms with van der Waals surface area (Å²) in [6, 6.07) is 9.58. The van der Waals surface area contributed by atoms with Gasteiger partial charge in [-0.25, -0.2) is 0 Å². The van der Waals surface area contributed by atoms with Crippen LogP contribution in [0, 0.1) is 6.92 Å². The Hall–Kier alpha value is -1.68. The summed E-state index contributed by atoms with van der Waals surface area (Å²) < 4.78 is 5.47. The van der Waals surface area contributed by atoms with Crippen LogP contribution in [0.5, 0.6) is 0 Å². The molecule has 0 bridgehead atoms. The Bertz CT molecular complexity index is 580. The lowest BCUT2D eigenvalue weighted by Gasteiger charge is -2.34. The molecule has 1 aromatic carbocycles. The number of nitrogens with zero attached hydrogens (tertiary/aromatic N) is 2. The van der Waals surface area contributed by atoms with Gasteiger partial charge in [0.1, 0.15) is 0 Å². The molecule has 4 heteroatoms. The minimum atomic E-state index is 0.670. The third kappa shape index (κ3) is 3.16. The molecule has 21 heavy (non-hydrogen) atoms. The van der Waals surface area contributed by atoms with Gasteiger partial charge < -0.3 is 9.42 Å². The normalized spacial score (nSPS) is 26.0. The Labute approximate surface area is 126 Å². The Morgan fingerprint density at radius 1 is 1.14 bits per heavy atom. The average molecular weight is 286 g/mol. The Morgan fingerprint density at radius 3 is 2.48 bits per heavy atom. The smallest absolute Gasteiger partial charge is 0.282 e. The summed E-state index contributed by atoms with van der Waals surface area (Å²) in [5.41, 5.74) is 2.26. The molecule has 0 amide bonds. The summed E-state index contributed by atoms with van der Waals surface area (Å²) in [6.45, 7) is 7.56. The lowest BCUT2D eigenvalue weighted by Crippen LogP contribution is -3.18. The van der Waals surface area contributed by atoms with E-state index in [4.69, 9.17) is 4.52 Å². The van der Waals surface area contributed by atoms with Gasteiger partial charge in [0.15, 0.2) is 6.54 Å². The molecule has 1 aliphatic heterocycles. The summed E-state index contributed by atoms with van der Waals surface area (Å²) in [5.74, 6) is 1.45. The molecular formula is C17H24N3O+. The lowest BCUT2D eigenvalue weighted by atomic mass is 9.98. The van der Waals surface area contributed by atoms with Gasteiger partial charge in [0.05, 0.1) is 12.1 Å². The number of aromatic nitrogens is 2. The van der Waals surface area contributed by atoms with Crippen molar-refractivity contribution in [2.45, 2.75) is 58.7 Å². The van der Waals surface area contributed by atoms with E-state index in [2.05, 4.69) is 43.0 Å². The van der Waals surface area contributed by atoms with Gasteiger partial charge in [0.2, 0.25) is 5.82 Å². The van der Waals surface area contributed by atoms with Crippen molar-refractivity contribution in [1.82, 2.24) is 10.1 Å². The SMILES string of the molecule is Cc1ccc(-c2noc(C[NH+]3[C@H](C)CCC[C@@H]3C)n2)cc1. The number of aryl methyl sites for hydroxylation is 1. The second-order valence-electron chi connectivity index (χ2n) is 6.36. The predicted octanol–water partition coefficient (Wildman–Crippen LogP) is 2.39. The molecule has 1 saturated heterocycles. The molecule has 1 aliphatic rings. The van der Waals surface area contributed by atoms with Crippen LogP contribution in [0.25, 0.3) is 11.4 Å². The molecule has 1 fully saturated rings. The predicted molar refractivity (Wildman–Crippen MR) is 81.9 cm³/mol. The van der Waals surface area contributed by atoms with E-state index in [1.54, 1.807) is 4.90 Å². The van der Waals surface area contributed by atoms with Crippen molar-refractivity contribution in [2.75, 3.05) is 0 Å². The van der Waals surface area contributed by atoms with E-state index in [1.807, 2.05) is 12.1 Å². The Morgan fingerprint density at radius 2 is 1.81 bits per heavy atom. The molecule has 0 spiro atoms. The number of piperidine rings is 1. The molecule has 2 aromatic rings. The Balaban J connectivity index is 1.74. The maximum Gasteiger partial charge on any atom is 0.282 e. The van der Waals surface area contributed by atoms with Crippen LogP contribution in [-0.4, -0.2) is 22.2 Å². The van der Waals surface area contributed by atoms with Gasteiger partial charge >= 0.3 is 0 Å². The first-order chi connectivity index (χ1) is 10.1. The first kappa shape index (κ1) is 14.3. The quantitative estimate of drug-likeness (QED) is 0.942. The second kappa shape index (κ2) is 5.98. The van der Waals surface area contributed by atoms with E-state index in [9.17, 15) is 0 Å². The number of nitrogens with one attached hydrogen (secondary N) is 1. The number of hydrogen-bond donors (Lipinski definition) is 1. The topological polar surface area (TPSA) is 43.4 Å². The van der Waals surface area contributed by atoms with Crippen molar-refractivity contribution in [3.05, 3.63) is 35.7 Å². The van der Waals surface area contributed by atoms with Crippen LogP contribution in [0.15, 0.2) is 28.8 Å². The molecule has 1 N–H and O–H groups in total. The van der Waals surface area contributed by atoms with Crippen molar-refractivity contribution in [3.63, 3.8) is 0 Å². The summed E-state index contributed by atoms with van der Waals surface area (Å²) in [5, 5.41) is 4.13. The van der Waals surface area contributed by atoms with Crippen molar-refractivity contribution >= 4 is 0 Å². The fourth-order valence-corrected chi connectivity index (χ4v) is 3.26. The van der Waals surface area contributed by atoms with Crippen LogP contribution in [0.1, 0.15) is 44.6 Å². The fourth-order valence-electron chi connectivity index (χ4n) is 3.26. The van der Waals surface area contributed by atoms with Gasteiger partial charge in [-0.3, -0.25) is 0 Å². The third-order valence-corrected chi connectivity index (χ3v) is 4.67. The van der Waals surface area contributed by atoms with Gasteiger partial charge in [0.25, 0.3) is 5.89 Å². The summed E-state index contributed by atoms with van der Waals surface area (Å²) in [4.78, 5) is 6.14. The zero-order valence-electron chi connectivity index (χ0n) is 13.1. The van der Waals surface area contributed by atoms with E-state index in [0.29, 0.717) is 17.9 Å². The average Bonchev–Trinajstić information content (AvgIpc) is 2.92. The lowest BCUT2D eigenvalue weighted by molar-refractivity contribution is -0.965. The van der Waals surface area contributed by atoms with Crippen molar-refractivity contribution < 1.29 is 9.42 Å². The minimum Gasteiger partial charge on any atom is -0.333 e. The highest BCUT2D eigenvalue weighted by molar-refractivity contribution is 5.54. The number of hydrogen-bond acceptors (Lipinski definition) is 3. The van der Waals surface area contributed by atoms with Crippen LogP contribution in [0.3, 0.4) is 0 Å². The highest BCUT2D eigenvalue weighted by atomic mass is 16.5. The van der Waals surface area contributed by atoms with Gasteiger partial charge in [0, 0.05) is 5.56 Å². The maximum absolute atomic E-state index is 5.47. The minimum absolute atomic E-state index is 0.670. The molecule has 0 aliphatic carbocycles. The van der Waals surface area contributed by atoms with Crippen molar-refractivity contribution in [2.24, 2.45) is 0 Å². The standard InChI is InChI=1S/C17H23N3O/c1-12-7-9-15(10-8-12)17-18-16(21-19-17)11-20-13(2)5-4-6-14(20)3/h7-10,13-14H,4-6,11H2,1-3H3/p+1/t13-,14+. The van der Waals surface area contributed by atoms with E-state index in [-0.39, 0.29) is 0 Å². The van der Waals surface area contributed by atoms with E-state index < -0.39 is 0 Å². The van der Waals surface area contributed by atoms with E-state index in [1.165, 1.54) is 24.8 Å². The number of quaternary nitrogens is 1. The van der Waals surface area contributed by atoms with Crippen LogP contribution in [-0.2, 0) is 6.54 Å². The van der Waals surface area contributed by atoms with Crippen LogP contribution in [0.2, 0.25) is 0 Å². The first-order valence-electron chi connectivity index (χ1n) is 7.88. The monoisotopic (exact) mass is 286 g/mol. The second-order valence-corrected chi connectivity index (χ2v) is 6.36. The highest BCUT2D eigenvalue weighted by Crippen LogP contribution is 2.16. The summed E-state index contributed by atoms with van der Waals surface area (Å²) in [7, 11) is 0. The maximum atomic E-state index is 5.47. The molecule has 0 radical (unpaired) electrons. The number of likely N-dealkylation sites (tertiary alicyclic amines) is 1. The van der Waals surface area contributed by atoms with Gasteiger partial charge in [-0.2, -0.15) is 4.98 Å². The number of benzene rings is 1. The van der Waals surface area contributed by atoms with Crippen LogP contribution >= 0.6 is 0 Å². The molecule has 4 nitrogen and oxygen atoms in total. The molecule has 3 atom stereocenters. The van der Waals surface area contributed by atoms with Crippen molar-refractivity contribution in [1.29, 1.82) is 0 Å². The fraction of sp³-hybridized carbons (Fsp3) is 0.529. The number of rotatable bonds is 3. The van der Waals surface area contributed by atoms with Crippen LogP contribution < -0.4 is 4.90 Å². The molecule has 1 unspecified atom stereocenters. The molecular weight excluding hydrogens is 262 g/mol. The molecule has 112 valence electrons. The Kier molecular flexibility index (Phi) is 4.06. The van der Waals surface area contributed by atoms with Gasteiger partial charge in [-0.05, 0) is 40.0 Å². The van der Waals surface area contributed by atoms with Gasteiger partial charge in [-0.1, -0.05) is 35.0 Å². The van der Waals surface area contributed by atoms with E-state index in [0.717, 1.165) is 18.0 Å². The third-order valence-electron chi connectivity index (χ3n) is 4.67. The van der Waals surface area contributed by atoms with Gasteiger partial charge in [-0.15, -0.1) is 0 Å². The molecule has 1 aromatic heterocycles. The zero-order chi connectivity index (χ0) is 14.8. The molecule has 2 heterocycles. The molecule has 0 saturated carbocycles. The van der Waals surface area contributed by atoms with E-state index >= 15 is 0 Å². The highest BCUT2D eigenvalue weighted by Gasteiger charge is 2.30. The zero-order valence-corrected chi connectivity index (χ0v) is 13.1. The largest absolute Gasteiger partial charge is 0.333 e. The van der Waals surface area contributed by atoms with Crippen molar-refractivity contribution in [3.8, 4) is 11.4 Å². The first-order valence-corrected chi connectivity index (χ1v) is 7.88. The molecule has 3 rings (SSSR count). The van der Waals surface area contributed by atoms with Crippen LogP contribution in [0.4, 0.5) is 0 Å². The summed E-state index contributed by atoms with van der Waals surface area (Å²) in [6.07, 6.45) is 3.92. The summed E-state index contributed by atoms with van der Waals surface area (Å²) >= 11 is 0.